The number of rotatable bonds is 4. The molecule has 1 aromatic heterocycles. The second-order valence-corrected chi connectivity index (χ2v) is 8.08. The smallest absolute Gasteiger partial charge is 0.225 e. The molecule has 0 bridgehead atoms. The second-order valence-electron chi connectivity index (χ2n) is 8.08. The summed E-state index contributed by atoms with van der Waals surface area (Å²) >= 11 is 0. The molecular weight excluding hydrogens is 314 g/mol. The Bertz CT molecular complexity index is 594. The van der Waals surface area contributed by atoms with Crippen LogP contribution in [0.4, 0.5) is 0 Å². The number of carbonyl (C=O) groups is 1. The molecule has 1 aliphatic carbocycles. The highest BCUT2D eigenvalue weighted by atomic mass is 16.5. The highest BCUT2D eigenvalue weighted by Gasteiger charge is 2.45. The van der Waals surface area contributed by atoms with Gasteiger partial charge in [-0.25, -0.2) is 0 Å². The van der Waals surface area contributed by atoms with Crippen LogP contribution in [0.5, 0.6) is 0 Å². The Morgan fingerprint density at radius 3 is 2.84 bits per heavy atom. The van der Waals surface area contributed by atoms with Crippen LogP contribution in [0, 0.1) is 5.92 Å². The van der Waals surface area contributed by atoms with Crippen molar-refractivity contribution < 1.29 is 9.53 Å². The lowest BCUT2D eigenvalue weighted by molar-refractivity contribution is -0.142. The molecule has 5 heteroatoms. The maximum atomic E-state index is 12.4. The van der Waals surface area contributed by atoms with Gasteiger partial charge in [0.25, 0.3) is 0 Å². The molecule has 3 aliphatic rings. The predicted octanol–water partition coefficient (Wildman–Crippen LogP) is 2.46. The van der Waals surface area contributed by atoms with Crippen molar-refractivity contribution in [2.75, 3.05) is 26.7 Å². The number of nitrogens with zero attached hydrogens (tertiary/aromatic N) is 3. The van der Waals surface area contributed by atoms with Gasteiger partial charge in [-0.05, 0) is 50.8 Å². The number of likely N-dealkylation sites (tertiary alicyclic amines) is 1. The van der Waals surface area contributed by atoms with Gasteiger partial charge in [-0.2, -0.15) is 0 Å². The molecule has 4 rings (SSSR count). The fourth-order valence-electron chi connectivity index (χ4n) is 4.41. The fraction of sp³-hybridized carbons (Fsp3) is 0.700. The Kier molecular flexibility index (Phi) is 4.78. The molecule has 1 saturated carbocycles. The zero-order chi connectivity index (χ0) is 17.3. The van der Waals surface area contributed by atoms with E-state index in [1.165, 1.54) is 12.0 Å². The van der Waals surface area contributed by atoms with Crippen LogP contribution in [0.3, 0.4) is 0 Å². The lowest BCUT2D eigenvalue weighted by atomic mass is 9.82. The molecular formula is C20H29N3O2. The summed E-state index contributed by atoms with van der Waals surface area (Å²) < 4.78 is 6.29. The Morgan fingerprint density at radius 2 is 2.20 bits per heavy atom. The first kappa shape index (κ1) is 17.0. The van der Waals surface area contributed by atoms with Gasteiger partial charge in [-0.15, -0.1) is 0 Å². The molecule has 5 nitrogen and oxygen atoms in total. The zero-order valence-corrected chi connectivity index (χ0v) is 15.2. The Balaban J connectivity index is 1.29. The van der Waals surface area contributed by atoms with Crippen molar-refractivity contribution >= 4 is 5.91 Å². The minimum absolute atomic E-state index is 0.00966. The van der Waals surface area contributed by atoms with E-state index in [1.807, 2.05) is 18.5 Å². The molecule has 136 valence electrons. The van der Waals surface area contributed by atoms with E-state index in [2.05, 4.69) is 27.9 Å². The van der Waals surface area contributed by atoms with E-state index in [4.69, 9.17) is 4.74 Å². The summed E-state index contributed by atoms with van der Waals surface area (Å²) in [6.45, 7) is 3.44. The number of likely N-dealkylation sites (N-methyl/N-ethyl adjacent to an activating group) is 1. The second kappa shape index (κ2) is 7.04. The molecule has 0 aromatic carbocycles. The third-order valence-electron chi connectivity index (χ3n) is 6.41. The monoisotopic (exact) mass is 343 g/mol. The molecule has 0 unspecified atom stereocenters. The van der Waals surface area contributed by atoms with Crippen molar-refractivity contribution in [2.24, 2.45) is 5.92 Å². The van der Waals surface area contributed by atoms with Crippen molar-refractivity contribution in [1.29, 1.82) is 0 Å². The van der Waals surface area contributed by atoms with Gasteiger partial charge in [0.2, 0.25) is 5.91 Å². The summed E-state index contributed by atoms with van der Waals surface area (Å²) in [5, 5.41) is 0. The molecule has 1 atom stereocenters. The van der Waals surface area contributed by atoms with Gasteiger partial charge in [0.05, 0.1) is 12.2 Å². The quantitative estimate of drug-likeness (QED) is 0.842. The van der Waals surface area contributed by atoms with Gasteiger partial charge in [0, 0.05) is 44.0 Å². The number of carbonyl (C=O) groups excluding carboxylic acids is 1. The number of piperidine rings is 1. The third-order valence-corrected chi connectivity index (χ3v) is 6.41. The Labute approximate surface area is 150 Å². The van der Waals surface area contributed by atoms with Gasteiger partial charge in [-0.3, -0.25) is 14.7 Å². The first-order chi connectivity index (χ1) is 12.2. The summed E-state index contributed by atoms with van der Waals surface area (Å²) in [7, 11) is 2.18. The summed E-state index contributed by atoms with van der Waals surface area (Å²) in [5.74, 6) is 0.709. The molecule has 1 spiro atoms. The van der Waals surface area contributed by atoms with Crippen molar-refractivity contribution in [3.05, 3.63) is 30.1 Å². The van der Waals surface area contributed by atoms with Crippen molar-refractivity contribution in [2.45, 2.75) is 56.7 Å². The number of ether oxygens (including phenoxy) is 1. The summed E-state index contributed by atoms with van der Waals surface area (Å²) in [6.07, 6.45) is 10.2. The van der Waals surface area contributed by atoms with E-state index >= 15 is 0 Å². The van der Waals surface area contributed by atoms with Gasteiger partial charge in [0.15, 0.2) is 0 Å². The van der Waals surface area contributed by atoms with Crippen LogP contribution in [0.15, 0.2) is 24.5 Å². The minimum Gasteiger partial charge on any atom is -0.373 e. The number of amides is 1. The minimum atomic E-state index is -0.00966. The van der Waals surface area contributed by atoms with E-state index in [0.29, 0.717) is 17.9 Å². The van der Waals surface area contributed by atoms with Crippen LogP contribution in [-0.2, 0) is 16.1 Å². The molecule has 0 N–H and O–H groups in total. The maximum absolute atomic E-state index is 12.4. The number of hydrogen-bond donors (Lipinski definition) is 0. The van der Waals surface area contributed by atoms with E-state index in [9.17, 15) is 4.79 Å². The lowest BCUT2D eigenvalue weighted by Gasteiger charge is -2.41. The van der Waals surface area contributed by atoms with E-state index in [-0.39, 0.29) is 5.60 Å². The van der Waals surface area contributed by atoms with Gasteiger partial charge >= 0.3 is 0 Å². The Morgan fingerprint density at radius 1 is 1.40 bits per heavy atom. The average Bonchev–Trinajstić information content (AvgIpc) is 2.99. The highest BCUT2D eigenvalue weighted by molar-refractivity contribution is 5.79. The van der Waals surface area contributed by atoms with Crippen LogP contribution in [0.2, 0.25) is 0 Å². The normalized spacial score (nSPS) is 26.2. The first-order valence-electron chi connectivity index (χ1n) is 9.67. The van der Waals surface area contributed by atoms with E-state index in [0.717, 1.165) is 58.3 Å². The average molecular weight is 343 g/mol. The summed E-state index contributed by atoms with van der Waals surface area (Å²) in [6, 6.07) is 4.57. The molecule has 2 aliphatic heterocycles. The predicted molar refractivity (Wildman–Crippen MR) is 95.9 cm³/mol. The van der Waals surface area contributed by atoms with E-state index < -0.39 is 0 Å². The maximum Gasteiger partial charge on any atom is 0.225 e. The molecule has 3 heterocycles. The van der Waals surface area contributed by atoms with Crippen LogP contribution in [0.1, 0.15) is 44.1 Å². The third kappa shape index (κ3) is 3.58. The standard InChI is InChI=1S/C20H29N3O2/c1-22(14-16-4-3-9-21-13-16)18-12-20(25-15-18)7-10-23(11-8-20)19(24)17-5-2-6-17/h3-4,9,13,17-18H,2,5-8,10-12,14-15H2,1H3/t18-/m0/s1. The van der Waals surface area contributed by atoms with E-state index in [1.54, 1.807) is 0 Å². The molecule has 1 amide bonds. The molecule has 2 saturated heterocycles. The lowest BCUT2D eigenvalue weighted by Crippen LogP contribution is -2.49. The molecule has 1 aromatic rings. The fourth-order valence-corrected chi connectivity index (χ4v) is 4.41. The van der Waals surface area contributed by atoms with Crippen LogP contribution in [0.25, 0.3) is 0 Å². The van der Waals surface area contributed by atoms with Crippen LogP contribution >= 0.6 is 0 Å². The Hall–Kier alpha value is -1.46. The number of aromatic nitrogens is 1. The SMILES string of the molecule is CN(Cc1cccnc1)[C@@H]1COC2(CCN(C(=O)C3CCC3)CC2)C1. The van der Waals surface area contributed by atoms with Gasteiger partial charge < -0.3 is 9.64 Å². The van der Waals surface area contributed by atoms with Gasteiger partial charge in [-0.1, -0.05) is 12.5 Å². The van der Waals surface area contributed by atoms with Crippen molar-refractivity contribution in [3.8, 4) is 0 Å². The molecule has 0 radical (unpaired) electrons. The molecule has 25 heavy (non-hydrogen) atoms. The highest BCUT2D eigenvalue weighted by Crippen LogP contribution is 2.39. The first-order valence-corrected chi connectivity index (χ1v) is 9.67. The largest absolute Gasteiger partial charge is 0.373 e. The number of hydrogen-bond acceptors (Lipinski definition) is 4. The van der Waals surface area contributed by atoms with Crippen LogP contribution < -0.4 is 0 Å². The summed E-state index contributed by atoms with van der Waals surface area (Å²) in [4.78, 5) is 21.1. The summed E-state index contributed by atoms with van der Waals surface area (Å²) in [5.41, 5.74) is 1.23. The molecule has 3 fully saturated rings. The van der Waals surface area contributed by atoms with Crippen LogP contribution in [-0.4, -0.2) is 59.1 Å². The van der Waals surface area contributed by atoms with Crippen molar-refractivity contribution in [1.82, 2.24) is 14.8 Å². The zero-order valence-electron chi connectivity index (χ0n) is 15.2. The number of pyridine rings is 1. The van der Waals surface area contributed by atoms with Crippen molar-refractivity contribution in [3.63, 3.8) is 0 Å². The van der Waals surface area contributed by atoms with Gasteiger partial charge in [0.1, 0.15) is 0 Å². The topological polar surface area (TPSA) is 45.7 Å².